The minimum Gasteiger partial charge on any atom is -0.491 e. The standard InChI is InChI=1S/C12H16ClNO4S/c1-10(13)9-14-19(15,16)12-5-3-11(4-6-12)18-8-7-17-2/h3-6,14H,1,7-9H2,2H3. The van der Waals surface area contributed by atoms with E-state index in [4.69, 9.17) is 21.1 Å². The fourth-order valence-electron chi connectivity index (χ4n) is 1.21. The first-order chi connectivity index (χ1) is 8.95. The lowest BCUT2D eigenvalue weighted by molar-refractivity contribution is 0.146. The number of halogens is 1. The lowest BCUT2D eigenvalue weighted by atomic mass is 10.3. The Bertz CT molecular complexity index is 513. The van der Waals surface area contributed by atoms with Gasteiger partial charge in [0.25, 0.3) is 0 Å². The molecule has 106 valence electrons. The van der Waals surface area contributed by atoms with Crippen molar-refractivity contribution in [3.05, 3.63) is 35.9 Å². The highest BCUT2D eigenvalue weighted by molar-refractivity contribution is 7.89. The number of benzene rings is 1. The Morgan fingerprint density at radius 1 is 1.32 bits per heavy atom. The molecule has 0 saturated heterocycles. The maximum atomic E-state index is 11.8. The van der Waals surface area contributed by atoms with Crippen LogP contribution >= 0.6 is 11.6 Å². The molecule has 0 aromatic heterocycles. The second kappa shape index (κ2) is 7.49. The first-order valence-electron chi connectivity index (χ1n) is 5.50. The number of methoxy groups -OCH3 is 1. The third kappa shape index (κ3) is 5.61. The van der Waals surface area contributed by atoms with E-state index in [0.717, 1.165) is 0 Å². The van der Waals surface area contributed by atoms with E-state index in [-0.39, 0.29) is 16.5 Å². The Balaban J connectivity index is 2.67. The maximum Gasteiger partial charge on any atom is 0.240 e. The Kier molecular flexibility index (Phi) is 6.30. The highest BCUT2D eigenvalue weighted by atomic mass is 35.5. The predicted octanol–water partition coefficient (Wildman–Crippen LogP) is 1.74. The minimum absolute atomic E-state index is 0.00399. The molecule has 0 unspecified atom stereocenters. The van der Waals surface area contributed by atoms with Crippen LogP contribution in [-0.2, 0) is 14.8 Å². The lowest BCUT2D eigenvalue weighted by Gasteiger charge is -2.08. The van der Waals surface area contributed by atoms with Gasteiger partial charge in [-0.15, -0.1) is 0 Å². The lowest BCUT2D eigenvalue weighted by Crippen LogP contribution is -2.24. The van der Waals surface area contributed by atoms with Crippen LogP contribution in [0.1, 0.15) is 0 Å². The summed E-state index contributed by atoms with van der Waals surface area (Å²) in [5.41, 5.74) is 0. The second-order valence-electron chi connectivity index (χ2n) is 3.65. The molecule has 0 aliphatic rings. The molecule has 0 aliphatic heterocycles. The summed E-state index contributed by atoms with van der Waals surface area (Å²) in [5.74, 6) is 0.581. The summed E-state index contributed by atoms with van der Waals surface area (Å²) in [7, 11) is -1.99. The van der Waals surface area contributed by atoms with Crippen molar-refractivity contribution < 1.29 is 17.9 Å². The SMILES string of the molecule is C=C(Cl)CNS(=O)(=O)c1ccc(OCCOC)cc1. The quantitative estimate of drug-likeness (QED) is 0.743. The van der Waals surface area contributed by atoms with Crippen molar-refractivity contribution in [3.63, 3.8) is 0 Å². The van der Waals surface area contributed by atoms with E-state index in [9.17, 15) is 8.42 Å². The van der Waals surface area contributed by atoms with Gasteiger partial charge in [0.05, 0.1) is 11.5 Å². The molecule has 0 radical (unpaired) electrons. The molecule has 1 N–H and O–H groups in total. The third-order valence-electron chi connectivity index (χ3n) is 2.14. The van der Waals surface area contributed by atoms with Crippen LogP contribution in [0, 0.1) is 0 Å². The smallest absolute Gasteiger partial charge is 0.240 e. The van der Waals surface area contributed by atoms with Crippen molar-refractivity contribution in [1.29, 1.82) is 0 Å². The molecule has 1 aromatic rings. The summed E-state index contributed by atoms with van der Waals surface area (Å²) in [4.78, 5) is 0.143. The molecule has 0 fully saturated rings. The summed E-state index contributed by atoms with van der Waals surface area (Å²) in [6, 6.07) is 6.09. The van der Waals surface area contributed by atoms with Gasteiger partial charge in [-0.2, -0.15) is 0 Å². The predicted molar refractivity (Wildman–Crippen MR) is 74.0 cm³/mol. The Labute approximate surface area is 118 Å². The molecule has 0 amide bonds. The van der Waals surface area contributed by atoms with Crippen LogP contribution in [0.4, 0.5) is 0 Å². The Morgan fingerprint density at radius 3 is 2.47 bits per heavy atom. The molecular formula is C12H16ClNO4S. The first kappa shape index (κ1) is 16.0. The van der Waals surface area contributed by atoms with Crippen LogP contribution in [0.3, 0.4) is 0 Å². The summed E-state index contributed by atoms with van der Waals surface area (Å²) in [6.07, 6.45) is 0. The summed E-state index contributed by atoms with van der Waals surface area (Å²) < 4.78 is 36.2. The van der Waals surface area contributed by atoms with E-state index < -0.39 is 10.0 Å². The van der Waals surface area contributed by atoms with Crippen molar-refractivity contribution >= 4 is 21.6 Å². The van der Waals surface area contributed by atoms with E-state index in [1.165, 1.54) is 12.1 Å². The van der Waals surface area contributed by atoms with Crippen molar-refractivity contribution in [3.8, 4) is 5.75 Å². The van der Waals surface area contributed by atoms with Gasteiger partial charge in [-0.3, -0.25) is 0 Å². The van der Waals surface area contributed by atoms with Gasteiger partial charge in [0.2, 0.25) is 10.0 Å². The van der Waals surface area contributed by atoms with Crippen LogP contribution < -0.4 is 9.46 Å². The first-order valence-corrected chi connectivity index (χ1v) is 7.36. The van der Waals surface area contributed by atoms with E-state index in [2.05, 4.69) is 11.3 Å². The third-order valence-corrected chi connectivity index (χ3v) is 3.69. The number of sulfonamides is 1. The monoisotopic (exact) mass is 305 g/mol. The zero-order valence-corrected chi connectivity index (χ0v) is 12.1. The molecule has 19 heavy (non-hydrogen) atoms. The van der Waals surface area contributed by atoms with Gasteiger partial charge in [-0.05, 0) is 24.3 Å². The summed E-state index contributed by atoms with van der Waals surface area (Å²) in [6.45, 7) is 4.29. The van der Waals surface area contributed by atoms with Crippen molar-refractivity contribution in [2.24, 2.45) is 0 Å². The average Bonchev–Trinajstić information content (AvgIpc) is 2.37. The fraction of sp³-hybridized carbons (Fsp3) is 0.333. The van der Waals surface area contributed by atoms with Crippen molar-refractivity contribution in [2.45, 2.75) is 4.90 Å². The molecule has 0 atom stereocenters. The van der Waals surface area contributed by atoms with Crippen LogP contribution in [-0.4, -0.2) is 35.3 Å². The molecule has 0 aliphatic carbocycles. The minimum atomic E-state index is -3.57. The fourth-order valence-corrected chi connectivity index (χ4v) is 2.39. The topological polar surface area (TPSA) is 64.6 Å². The van der Waals surface area contributed by atoms with Crippen LogP contribution in [0.25, 0.3) is 0 Å². The number of nitrogens with one attached hydrogen (secondary N) is 1. The van der Waals surface area contributed by atoms with Crippen LogP contribution in [0.5, 0.6) is 5.75 Å². The van der Waals surface area contributed by atoms with E-state index in [0.29, 0.717) is 19.0 Å². The number of hydrogen-bond donors (Lipinski definition) is 1. The van der Waals surface area contributed by atoms with Gasteiger partial charge in [0.1, 0.15) is 12.4 Å². The molecule has 1 aromatic carbocycles. The second-order valence-corrected chi connectivity index (χ2v) is 5.96. The van der Waals surface area contributed by atoms with Gasteiger partial charge < -0.3 is 9.47 Å². The van der Waals surface area contributed by atoms with E-state index in [1.807, 2.05) is 0 Å². The largest absolute Gasteiger partial charge is 0.491 e. The highest BCUT2D eigenvalue weighted by Crippen LogP contribution is 2.16. The van der Waals surface area contributed by atoms with Gasteiger partial charge in [0, 0.05) is 18.7 Å². The molecule has 0 heterocycles. The van der Waals surface area contributed by atoms with Gasteiger partial charge >= 0.3 is 0 Å². The number of ether oxygens (including phenoxy) is 2. The van der Waals surface area contributed by atoms with Crippen molar-refractivity contribution in [2.75, 3.05) is 26.9 Å². The van der Waals surface area contributed by atoms with E-state index >= 15 is 0 Å². The summed E-state index contributed by atoms with van der Waals surface area (Å²) in [5, 5.41) is 0.225. The molecule has 7 heteroatoms. The number of rotatable bonds is 8. The zero-order chi connectivity index (χ0) is 14.3. The molecule has 0 bridgehead atoms. The van der Waals surface area contributed by atoms with Gasteiger partial charge in [-0.25, -0.2) is 13.1 Å². The number of hydrogen-bond acceptors (Lipinski definition) is 4. The maximum absolute atomic E-state index is 11.8. The molecule has 5 nitrogen and oxygen atoms in total. The van der Waals surface area contributed by atoms with Gasteiger partial charge in [0.15, 0.2) is 0 Å². The average molecular weight is 306 g/mol. The summed E-state index contributed by atoms with van der Waals surface area (Å²) >= 11 is 5.51. The van der Waals surface area contributed by atoms with E-state index in [1.54, 1.807) is 19.2 Å². The van der Waals surface area contributed by atoms with Crippen LogP contribution in [0.15, 0.2) is 40.8 Å². The molecule has 1 rings (SSSR count). The zero-order valence-electron chi connectivity index (χ0n) is 10.6. The van der Waals surface area contributed by atoms with Crippen LogP contribution in [0.2, 0.25) is 0 Å². The molecular weight excluding hydrogens is 290 g/mol. The normalized spacial score (nSPS) is 11.3. The Morgan fingerprint density at radius 2 is 1.95 bits per heavy atom. The van der Waals surface area contributed by atoms with Gasteiger partial charge in [-0.1, -0.05) is 18.2 Å². The molecule has 0 spiro atoms. The highest BCUT2D eigenvalue weighted by Gasteiger charge is 2.13. The molecule has 0 saturated carbocycles. The van der Waals surface area contributed by atoms with Crippen molar-refractivity contribution in [1.82, 2.24) is 4.72 Å². The Hall–Kier alpha value is -1.08.